The first-order chi connectivity index (χ1) is 12.1. The minimum Gasteiger partial charge on any atom is -0.465 e. The Hall–Kier alpha value is -2.41. The third kappa shape index (κ3) is 3.82. The molecule has 1 N–H and O–H groups in total. The van der Waals surface area contributed by atoms with Gasteiger partial charge in [0.15, 0.2) is 0 Å². The molecule has 1 aromatic carbocycles. The van der Waals surface area contributed by atoms with Crippen LogP contribution in [0.25, 0.3) is 0 Å². The van der Waals surface area contributed by atoms with E-state index < -0.39 is 11.8 Å². The summed E-state index contributed by atoms with van der Waals surface area (Å²) in [4.78, 5) is 27.1. The topological polar surface area (TPSA) is 58.6 Å². The van der Waals surface area contributed by atoms with Crippen LogP contribution < -0.4 is 5.32 Å². The predicted molar refractivity (Wildman–Crippen MR) is 94.2 cm³/mol. The number of rotatable bonds is 5. The average molecular weight is 362 g/mol. The molecule has 1 fully saturated rings. The molecular weight excluding hydrogens is 343 g/mol. The molecule has 1 aliphatic heterocycles. The minimum absolute atomic E-state index is 0.0244. The zero-order valence-electron chi connectivity index (χ0n) is 13.8. The largest absolute Gasteiger partial charge is 0.465 e. The SMILES string of the molecule is COC(=O)c1ccc(F)c(NCC(=O)N2CCCC2c2cccs2)c1. The van der Waals surface area contributed by atoms with Gasteiger partial charge in [0.2, 0.25) is 5.91 Å². The number of halogens is 1. The molecule has 1 unspecified atom stereocenters. The van der Waals surface area contributed by atoms with Crippen molar-refractivity contribution in [1.29, 1.82) is 0 Å². The summed E-state index contributed by atoms with van der Waals surface area (Å²) in [6.45, 7) is 0.678. The fourth-order valence-corrected chi connectivity index (χ4v) is 3.89. The molecule has 1 amide bonds. The maximum atomic E-state index is 13.9. The van der Waals surface area contributed by atoms with E-state index in [1.165, 1.54) is 30.2 Å². The normalized spacial score (nSPS) is 16.7. The Morgan fingerprint density at radius 3 is 2.96 bits per heavy atom. The second kappa shape index (κ2) is 7.65. The molecule has 1 aromatic heterocycles. The van der Waals surface area contributed by atoms with Crippen LogP contribution in [0.3, 0.4) is 0 Å². The Kier molecular flexibility index (Phi) is 5.33. The van der Waals surface area contributed by atoms with E-state index in [0.717, 1.165) is 12.8 Å². The Bertz CT molecular complexity index is 764. The maximum absolute atomic E-state index is 13.9. The lowest BCUT2D eigenvalue weighted by Crippen LogP contribution is -2.35. The van der Waals surface area contributed by atoms with E-state index in [9.17, 15) is 14.0 Å². The monoisotopic (exact) mass is 362 g/mol. The van der Waals surface area contributed by atoms with Crippen LogP contribution in [0.1, 0.15) is 34.1 Å². The van der Waals surface area contributed by atoms with Crippen LogP contribution >= 0.6 is 11.3 Å². The van der Waals surface area contributed by atoms with Crippen molar-refractivity contribution >= 4 is 28.9 Å². The molecule has 132 valence electrons. The lowest BCUT2D eigenvalue weighted by Gasteiger charge is -2.24. The van der Waals surface area contributed by atoms with Crippen molar-refractivity contribution in [2.45, 2.75) is 18.9 Å². The van der Waals surface area contributed by atoms with Crippen LogP contribution in [-0.2, 0) is 9.53 Å². The number of likely N-dealkylation sites (tertiary alicyclic amines) is 1. The standard InChI is InChI=1S/C18H19FN2O3S/c1-24-18(23)12-6-7-13(19)14(10-12)20-11-17(22)21-8-2-4-15(21)16-5-3-9-25-16/h3,5-7,9-10,15,20H,2,4,8,11H2,1H3. The molecule has 2 heterocycles. The van der Waals surface area contributed by atoms with Crippen molar-refractivity contribution in [3.05, 3.63) is 52.0 Å². The van der Waals surface area contributed by atoms with E-state index in [1.54, 1.807) is 11.3 Å². The molecule has 1 aliphatic rings. The zero-order valence-corrected chi connectivity index (χ0v) is 14.6. The number of esters is 1. The zero-order chi connectivity index (χ0) is 17.8. The Morgan fingerprint density at radius 1 is 1.40 bits per heavy atom. The first-order valence-electron chi connectivity index (χ1n) is 8.04. The molecule has 0 bridgehead atoms. The van der Waals surface area contributed by atoms with E-state index >= 15 is 0 Å². The predicted octanol–water partition coefficient (Wildman–Crippen LogP) is 3.45. The summed E-state index contributed by atoms with van der Waals surface area (Å²) in [5.41, 5.74) is 0.347. The third-order valence-electron chi connectivity index (χ3n) is 4.26. The average Bonchev–Trinajstić information content (AvgIpc) is 3.30. The van der Waals surface area contributed by atoms with Crippen molar-refractivity contribution in [3.63, 3.8) is 0 Å². The number of anilines is 1. The molecule has 25 heavy (non-hydrogen) atoms. The molecule has 0 spiro atoms. The van der Waals surface area contributed by atoms with Crippen molar-refractivity contribution < 1.29 is 18.7 Å². The Labute approximate surface area is 149 Å². The Morgan fingerprint density at radius 2 is 2.24 bits per heavy atom. The van der Waals surface area contributed by atoms with Gasteiger partial charge in [-0.1, -0.05) is 6.07 Å². The van der Waals surface area contributed by atoms with Crippen molar-refractivity contribution in [2.75, 3.05) is 25.5 Å². The first-order valence-corrected chi connectivity index (χ1v) is 8.92. The van der Waals surface area contributed by atoms with E-state index in [2.05, 4.69) is 10.1 Å². The first kappa shape index (κ1) is 17.4. The number of amides is 1. The summed E-state index contributed by atoms with van der Waals surface area (Å²) in [6.07, 6.45) is 1.90. The summed E-state index contributed by atoms with van der Waals surface area (Å²) in [5, 5.41) is 4.81. The second-order valence-electron chi connectivity index (χ2n) is 5.80. The fourth-order valence-electron chi connectivity index (χ4n) is 3.02. The van der Waals surface area contributed by atoms with Crippen LogP contribution in [0.2, 0.25) is 0 Å². The minimum atomic E-state index is -0.549. The number of nitrogens with one attached hydrogen (secondary N) is 1. The molecular formula is C18H19FN2O3S. The molecule has 0 aliphatic carbocycles. The van der Waals surface area contributed by atoms with Crippen LogP contribution in [0.5, 0.6) is 0 Å². The summed E-state index contributed by atoms with van der Waals surface area (Å²) in [6, 6.07) is 8.00. The van der Waals surface area contributed by atoms with Crippen molar-refractivity contribution in [2.24, 2.45) is 0 Å². The number of carbonyl (C=O) groups excluding carboxylic acids is 2. The molecule has 5 nitrogen and oxygen atoms in total. The molecule has 1 saturated heterocycles. The van der Waals surface area contributed by atoms with Gasteiger partial charge in [0.1, 0.15) is 5.82 Å². The van der Waals surface area contributed by atoms with Crippen LogP contribution in [0.15, 0.2) is 35.7 Å². The van der Waals surface area contributed by atoms with Crippen LogP contribution in [0, 0.1) is 5.82 Å². The van der Waals surface area contributed by atoms with E-state index in [1.807, 2.05) is 22.4 Å². The number of nitrogens with zero attached hydrogens (tertiary/aromatic N) is 1. The summed E-state index contributed by atoms with van der Waals surface area (Å²) < 4.78 is 18.6. The van der Waals surface area contributed by atoms with Gasteiger partial charge in [-0.3, -0.25) is 4.79 Å². The number of thiophene rings is 1. The summed E-state index contributed by atoms with van der Waals surface area (Å²) >= 11 is 1.64. The van der Waals surface area contributed by atoms with E-state index in [-0.39, 0.29) is 29.7 Å². The highest BCUT2D eigenvalue weighted by Crippen LogP contribution is 2.34. The van der Waals surface area contributed by atoms with Crippen LogP contribution in [0.4, 0.5) is 10.1 Å². The quantitative estimate of drug-likeness (QED) is 0.828. The lowest BCUT2D eigenvalue weighted by molar-refractivity contribution is -0.130. The molecule has 3 rings (SSSR count). The number of carbonyl (C=O) groups is 2. The van der Waals surface area contributed by atoms with Crippen LogP contribution in [-0.4, -0.2) is 37.0 Å². The molecule has 7 heteroatoms. The van der Waals surface area contributed by atoms with Gasteiger partial charge in [-0.2, -0.15) is 0 Å². The fraction of sp³-hybridized carbons (Fsp3) is 0.333. The van der Waals surface area contributed by atoms with Gasteiger partial charge in [-0.25, -0.2) is 9.18 Å². The third-order valence-corrected chi connectivity index (χ3v) is 5.24. The molecule has 2 aromatic rings. The van der Waals surface area contributed by atoms with E-state index in [0.29, 0.717) is 6.54 Å². The summed E-state index contributed by atoms with van der Waals surface area (Å²) in [5.74, 6) is -1.15. The van der Waals surface area contributed by atoms with Crippen molar-refractivity contribution in [1.82, 2.24) is 4.90 Å². The number of ether oxygens (including phenoxy) is 1. The molecule has 0 radical (unpaired) electrons. The van der Waals surface area contributed by atoms with Gasteiger partial charge in [0.25, 0.3) is 0 Å². The highest BCUT2D eigenvalue weighted by molar-refractivity contribution is 7.10. The lowest BCUT2D eigenvalue weighted by atomic mass is 10.2. The van der Waals surface area contributed by atoms with Gasteiger partial charge < -0.3 is 15.0 Å². The smallest absolute Gasteiger partial charge is 0.337 e. The molecule has 0 saturated carbocycles. The number of methoxy groups -OCH3 is 1. The van der Waals surface area contributed by atoms with Crippen molar-refractivity contribution in [3.8, 4) is 0 Å². The van der Waals surface area contributed by atoms with Gasteiger partial charge in [0, 0.05) is 11.4 Å². The number of hydrogen-bond donors (Lipinski definition) is 1. The van der Waals surface area contributed by atoms with Gasteiger partial charge in [0.05, 0.1) is 30.9 Å². The number of benzene rings is 1. The van der Waals surface area contributed by atoms with Gasteiger partial charge in [-0.15, -0.1) is 11.3 Å². The highest BCUT2D eigenvalue weighted by atomic mass is 32.1. The van der Waals surface area contributed by atoms with Gasteiger partial charge >= 0.3 is 5.97 Å². The Balaban J connectivity index is 1.67. The summed E-state index contributed by atoms with van der Waals surface area (Å²) in [7, 11) is 1.26. The molecule has 1 atom stereocenters. The van der Waals surface area contributed by atoms with E-state index in [4.69, 9.17) is 0 Å². The highest BCUT2D eigenvalue weighted by Gasteiger charge is 2.30. The van der Waals surface area contributed by atoms with Gasteiger partial charge in [-0.05, 0) is 42.5 Å². The maximum Gasteiger partial charge on any atom is 0.337 e. The second-order valence-corrected chi connectivity index (χ2v) is 6.78. The number of hydrogen-bond acceptors (Lipinski definition) is 5.